The van der Waals surface area contributed by atoms with Crippen LogP contribution in [0.1, 0.15) is 29.2 Å². The number of fused-ring (bicyclic) bond motifs is 4. The Balaban J connectivity index is 1.50. The minimum absolute atomic E-state index is 0.0483. The highest BCUT2D eigenvalue weighted by molar-refractivity contribution is 8.17. The van der Waals surface area contributed by atoms with Gasteiger partial charge in [-0.05, 0) is 47.2 Å². The number of methoxy groups -OCH3 is 1. The maximum Gasteiger partial charge on any atom is 0.314 e. The van der Waals surface area contributed by atoms with Gasteiger partial charge in [-0.15, -0.1) is 0 Å². The quantitative estimate of drug-likeness (QED) is 0.553. The highest BCUT2D eigenvalue weighted by atomic mass is 32.2. The molecule has 3 aliphatic rings. The lowest BCUT2D eigenvalue weighted by Crippen LogP contribution is -2.61. The molecule has 2 atom stereocenters. The lowest BCUT2D eigenvalue weighted by Gasteiger charge is -2.45. The summed E-state index contributed by atoms with van der Waals surface area (Å²) in [4.78, 5) is 13.4. The normalized spacial score (nSPS) is 23.9. The number of ether oxygens (including phenoxy) is 2. The number of amides is 1. The molecule has 0 aromatic heterocycles. The summed E-state index contributed by atoms with van der Waals surface area (Å²) < 4.78 is 11.8. The first-order valence-corrected chi connectivity index (χ1v) is 11.7. The molecule has 8 heteroatoms. The first kappa shape index (κ1) is 20.7. The molecule has 3 aliphatic heterocycles. The Morgan fingerprint density at radius 2 is 1.97 bits per heavy atom. The van der Waals surface area contributed by atoms with Crippen LogP contribution in [0, 0.1) is 0 Å². The van der Waals surface area contributed by atoms with E-state index in [-0.39, 0.29) is 17.0 Å². The second kappa shape index (κ2) is 7.85. The van der Waals surface area contributed by atoms with Crippen molar-refractivity contribution in [1.82, 2.24) is 10.3 Å². The number of nitrogens with one attached hydrogen (secondary N) is 1. The van der Waals surface area contributed by atoms with E-state index in [0.717, 1.165) is 34.2 Å². The SMILES string of the molecule is COc1cc(C=C2SC(=O)NC23Oc2ccccc2C2CC(c4ccccc4)=NN23)ccc1O. The van der Waals surface area contributed by atoms with Gasteiger partial charge < -0.3 is 14.6 Å². The third-order valence-electron chi connectivity index (χ3n) is 6.19. The minimum atomic E-state index is -1.28. The molecule has 170 valence electrons. The molecule has 0 saturated carbocycles. The second-order valence-electron chi connectivity index (χ2n) is 8.22. The average Bonchev–Trinajstić information content (AvgIpc) is 3.44. The third-order valence-corrected chi connectivity index (χ3v) is 7.09. The van der Waals surface area contributed by atoms with Gasteiger partial charge in [0.15, 0.2) is 11.5 Å². The van der Waals surface area contributed by atoms with Crippen LogP contribution in [0.15, 0.2) is 82.8 Å². The van der Waals surface area contributed by atoms with Gasteiger partial charge in [0.2, 0.25) is 0 Å². The Hall–Kier alpha value is -3.91. The molecular weight excluding hydrogens is 450 g/mol. The smallest absolute Gasteiger partial charge is 0.314 e. The predicted molar refractivity (Wildman–Crippen MR) is 131 cm³/mol. The highest BCUT2D eigenvalue weighted by Crippen LogP contribution is 2.52. The Labute approximate surface area is 200 Å². The molecule has 1 saturated heterocycles. The summed E-state index contributed by atoms with van der Waals surface area (Å²) in [6, 6.07) is 22.9. The lowest BCUT2D eigenvalue weighted by atomic mass is 9.95. The second-order valence-corrected chi connectivity index (χ2v) is 9.23. The molecule has 1 amide bonds. The van der Waals surface area contributed by atoms with E-state index in [0.29, 0.717) is 22.8 Å². The fourth-order valence-corrected chi connectivity index (χ4v) is 5.51. The van der Waals surface area contributed by atoms with E-state index in [1.807, 2.05) is 65.7 Å². The van der Waals surface area contributed by atoms with Gasteiger partial charge in [-0.1, -0.05) is 54.6 Å². The van der Waals surface area contributed by atoms with Crippen LogP contribution in [0.3, 0.4) is 0 Å². The maximum atomic E-state index is 12.7. The van der Waals surface area contributed by atoms with E-state index < -0.39 is 5.85 Å². The lowest BCUT2D eigenvalue weighted by molar-refractivity contribution is -0.0949. The number of aromatic hydroxyl groups is 1. The molecule has 1 fully saturated rings. The number of nitrogens with zero attached hydrogens (tertiary/aromatic N) is 2. The largest absolute Gasteiger partial charge is 0.504 e. The number of carbonyl (C=O) groups is 1. The number of hydrogen-bond donors (Lipinski definition) is 2. The molecule has 0 aliphatic carbocycles. The van der Waals surface area contributed by atoms with Crippen LogP contribution < -0.4 is 14.8 Å². The Morgan fingerprint density at radius 3 is 2.79 bits per heavy atom. The van der Waals surface area contributed by atoms with E-state index in [1.165, 1.54) is 7.11 Å². The van der Waals surface area contributed by atoms with Crippen molar-refractivity contribution in [3.05, 3.63) is 94.4 Å². The van der Waals surface area contributed by atoms with Crippen molar-refractivity contribution in [1.29, 1.82) is 0 Å². The van der Waals surface area contributed by atoms with Crippen LogP contribution in [0.2, 0.25) is 0 Å². The van der Waals surface area contributed by atoms with E-state index in [2.05, 4.69) is 5.32 Å². The van der Waals surface area contributed by atoms with Gasteiger partial charge in [0.25, 0.3) is 5.24 Å². The molecule has 1 spiro atoms. The Bertz CT molecular complexity index is 1360. The Morgan fingerprint density at radius 1 is 1.18 bits per heavy atom. The van der Waals surface area contributed by atoms with Gasteiger partial charge in [-0.2, -0.15) is 5.10 Å². The zero-order valence-corrected chi connectivity index (χ0v) is 19.1. The van der Waals surface area contributed by atoms with Gasteiger partial charge in [-0.25, -0.2) is 5.01 Å². The standard InChI is InChI=1S/C26H21N3O4S/c1-32-23-13-16(11-12-21(23)30)14-24-26(27-25(31)34-24)29-20(18-9-5-6-10-22(18)33-26)15-19(28-29)17-7-3-2-4-8-17/h2-14,20,30H,15H2,1H3,(H,27,31). The number of phenols is 1. The monoisotopic (exact) mass is 471 g/mol. The number of benzene rings is 3. The van der Waals surface area contributed by atoms with Crippen molar-refractivity contribution in [2.45, 2.75) is 18.3 Å². The van der Waals surface area contributed by atoms with Gasteiger partial charge in [0.05, 0.1) is 23.8 Å². The zero-order chi connectivity index (χ0) is 23.3. The predicted octanol–water partition coefficient (Wildman–Crippen LogP) is 5.10. The van der Waals surface area contributed by atoms with Gasteiger partial charge >= 0.3 is 5.85 Å². The maximum absolute atomic E-state index is 12.7. The van der Waals surface area contributed by atoms with Crippen molar-refractivity contribution in [3.63, 3.8) is 0 Å². The number of para-hydroxylation sites is 1. The summed E-state index contributed by atoms with van der Waals surface area (Å²) in [7, 11) is 1.50. The van der Waals surface area contributed by atoms with Crippen molar-refractivity contribution in [3.8, 4) is 17.2 Å². The fourth-order valence-electron chi connectivity index (χ4n) is 4.61. The van der Waals surface area contributed by atoms with Crippen molar-refractivity contribution >= 4 is 28.8 Å². The first-order chi connectivity index (χ1) is 16.6. The van der Waals surface area contributed by atoms with Crippen molar-refractivity contribution in [2.75, 3.05) is 7.11 Å². The molecule has 3 heterocycles. The molecule has 0 radical (unpaired) electrons. The molecule has 3 aromatic carbocycles. The minimum Gasteiger partial charge on any atom is -0.504 e. The number of hydrazone groups is 1. The van der Waals surface area contributed by atoms with Crippen LogP contribution in [0.5, 0.6) is 17.2 Å². The Kier molecular flexibility index (Phi) is 4.77. The molecule has 0 bridgehead atoms. The molecule has 2 unspecified atom stereocenters. The molecule has 34 heavy (non-hydrogen) atoms. The first-order valence-electron chi connectivity index (χ1n) is 10.9. The summed E-state index contributed by atoms with van der Waals surface area (Å²) in [5, 5.41) is 19.6. The van der Waals surface area contributed by atoms with Crippen LogP contribution in [-0.4, -0.2) is 34.0 Å². The van der Waals surface area contributed by atoms with Crippen LogP contribution >= 0.6 is 11.8 Å². The molecule has 3 aromatic rings. The zero-order valence-electron chi connectivity index (χ0n) is 18.3. The van der Waals surface area contributed by atoms with Gasteiger partial charge in [0.1, 0.15) is 5.75 Å². The van der Waals surface area contributed by atoms with E-state index in [9.17, 15) is 9.90 Å². The summed E-state index contributed by atoms with van der Waals surface area (Å²) in [6.45, 7) is 0. The fraction of sp³-hybridized carbons (Fsp3) is 0.154. The van der Waals surface area contributed by atoms with Crippen LogP contribution in [-0.2, 0) is 0 Å². The third kappa shape index (κ3) is 3.21. The number of hydrogen-bond acceptors (Lipinski definition) is 7. The molecule has 2 N–H and O–H groups in total. The van der Waals surface area contributed by atoms with Gasteiger partial charge in [-0.3, -0.25) is 10.1 Å². The van der Waals surface area contributed by atoms with Crippen LogP contribution in [0.25, 0.3) is 6.08 Å². The summed E-state index contributed by atoms with van der Waals surface area (Å²) in [5.41, 5.74) is 3.76. The number of carbonyl (C=O) groups excluding carboxylic acids is 1. The van der Waals surface area contributed by atoms with E-state index >= 15 is 0 Å². The number of phenolic OH excluding ortho intramolecular Hbond substituents is 1. The summed E-state index contributed by atoms with van der Waals surface area (Å²) >= 11 is 1.08. The highest BCUT2D eigenvalue weighted by Gasteiger charge is 2.58. The molecule has 6 rings (SSSR count). The number of rotatable bonds is 3. The molecule has 7 nitrogen and oxygen atoms in total. The topological polar surface area (TPSA) is 83.4 Å². The summed E-state index contributed by atoms with van der Waals surface area (Å²) in [5.74, 6) is -0.163. The number of thioether (sulfide) groups is 1. The van der Waals surface area contributed by atoms with Crippen LogP contribution in [0.4, 0.5) is 4.79 Å². The van der Waals surface area contributed by atoms with E-state index in [1.54, 1.807) is 18.2 Å². The van der Waals surface area contributed by atoms with E-state index in [4.69, 9.17) is 14.6 Å². The van der Waals surface area contributed by atoms with Gasteiger partial charge in [0, 0.05) is 12.0 Å². The van der Waals surface area contributed by atoms with Crippen molar-refractivity contribution < 1.29 is 19.4 Å². The summed E-state index contributed by atoms with van der Waals surface area (Å²) in [6.07, 6.45) is 2.55. The van der Waals surface area contributed by atoms with Crippen molar-refractivity contribution in [2.24, 2.45) is 5.10 Å². The average molecular weight is 472 g/mol. The molecular formula is C26H21N3O4S.